The minimum Gasteiger partial charge on any atom is -0.434 e. The molecule has 1 aromatic heterocycles. The first-order valence-electron chi connectivity index (χ1n) is 6.90. The summed E-state index contributed by atoms with van der Waals surface area (Å²) in [5.74, 6) is -0.220. The minimum absolute atomic E-state index is 0.0291. The number of amides is 1. The molecular weight excluding hydrogens is 304 g/mol. The normalized spacial score (nSPS) is 11.2. The van der Waals surface area contributed by atoms with Crippen LogP contribution in [0.4, 0.5) is 8.78 Å². The molecule has 0 atom stereocenters. The van der Waals surface area contributed by atoms with Gasteiger partial charge in [0.1, 0.15) is 5.75 Å². The lowest BCUT2D eigenvalue weighted by atomic mass is 10.2. The van der Waals surface area contributed by atoms with Gasteiger partial charge in [-0.25, -0.2) is 0 Å². The summed E-state index contributed by atoms with van der Waals surface area (Å²) in [6.45, 7) is -2.50. The van der Waals surface area contributed by atoms with Crippen molar-refractivity contribution in [2.75, 3.05) is 7.05 Å². The highest BCUT2D eigenvalue weighted by atomic mass is 19.3. The number of para-hydroxylation sites is 1. The fourth-order valence-electron chi connectivity index (χ4n) is 2.02. The highest BCUT2D eigenvalue weighted by Gasteiger charge is 2.09. The first-order valence-corrected chi connectivity index (χ1v) is 6.90. The summed E-state index contributed by atoms with van der Waals surface area (Å²) in [5.41, 5.74) is 1.31. The number of aryl methyl sites for hydroxylation is 1. The van der Waals surface area contributed by atoms with Crippen molar-refractivity contribution >= 4 is 12.0 Å². The third kappa shape index (κ3) is 4.91. The van der Waals surface area contributed by atoms with Crippen molar-refractivity contribution in [3.63, 3.8) is 0 Å². The van der Waals surface area contributed by atoms with Crippen molar-refractivity contribution in [3.8, 4) is 5.75 Å². The van der Waals surface area contributed by atoms with Gasteiger partial charge in [-0.1, -0.05) is 18.2 Å². The Morgan fingerprint density at radius 2 is 2.17 bits per heavy atom. The second kappa shape index (κ2) is 7.53. The van der Waals surface area contributed by atoms with Crippen LogP contribution in [-0.4, -0.2) is 34.2 Å². The summed E-state index contributed by atoms with van der Waals surface area (Å²) < 4.78 is 30.8. The van der Waals surface area contributed by atoms with Crippen molar-refractivity contribution in [2.24, 2.45) is 7.05 Å². The number of carbonyl (C=O) groups is 1. The van der Waals surface area contributed by atoms with Gasteiger partial charge in [0, 0.05) is 44.0 Å². The number of likely N-dealkylation sites (N-methyl/N-ethyl adjacent to an activating group) is 1. The molecule has 2 rings (SSSR count). The van der Waals surface area contributed by atoms with E-state index in [2.05, 4.69) is 9.84 Å². The highest BCUT2D eigenvalue weighted by molar-refractivity contribution is 5.91. The smallest absolute Gasteiger partial charge is 0.387 e. The van der Waals surface area contributed by atoms with E-state index >= 15 is 0 Å². The number of aromatic nitrogens is 2. The van der Waals surface area contributed by atoms with Crippen LogP contribution in [0.25, 0.3) is 6.08 Å². The highest BCUT2D eigenvalue weighted by Crippen LogP contribution is 2.21. The molecule has 0 aliphatic heterocycles. The lowest BCUT2D eigenvalue weighted by molar-refractivity contribution is -0.125. The second-order valence-electron chi connectivity index (χ2n) is 4.97. The molecule has 1 aromatic carbocycles. The van der Waals surface area contributed by atoms with Gasteiger partial charge in [0.15, 0.2) is 0 Å². The molecule has 1 heterocycles. The molecule has 0 N–H and O–H groups in total. The van der Waals surface area contributed by atoms with Crippen molar-refractivity contribution in [1.29, 1.82) is 0 Å². The summed E-state index contributed by atoms with van der Waals surface area (Å²) in [4.78, 5) is 13.6. The van der Waals surface area contributed by atoms with Gasteiger partial charge in [-0.05, 0) is 12.1 Å². The number of carbonyl (C=O) groups excluding carboxylic acids is 1. The quantitative estimate of drug-likeness (QED) is 0.769. The van der Waals surface area contributed by atoms with Gasteiger partial charge in [-0.2, -0.15) is 13.9 Å². The van der Waals surface area contributed by atoms with E-state index < -0.39 is 6.61 Å². The Kier molecular flexibility index (Phi) is 5.46. The Bertz CT molecular complexity index is 698. The molecule has 7 heteroatoms. The van der Waals surface area contributed by atoms with Crippen LogP contribution < -0.4 is 4.74 Å². The van der Waals surface area contributed by atoms with Crippen LogP contribution in [0.5, 0.6) is 5.75 Å². The third-order valence-corrected chi connectivity index (χ3v) is 3.09. The van der Waals surface area contributed by atoms with Crippen LogP contribution in [0.3, 0.4) is 0 Å². The van der Waals surface area contributed by atoms with E-state index in [0.717, 1.165) is 5.56 Å². The largest absolute Gasteiger partial charge is 0.434 e. The fourth-order valence-corrected chi connectivity index (χ4v) is 2.02. The first-order chi connectivity index (χ1) is 11.0. The molecule has 0 unspecified atom stereocenters. The standard InChI is InChI=1S/C16H17F2N3O2/c1-20(10-12-9-19-21(2)11-12)15(22)8-7-13-5-3-4-6-14(13)23-16(17)18/h3-9,11,16H,10H2,1-2H3/b8-7+. The second-order valence-corrected chi connectivity index (χ2v) is 4.97. The molecule has 2 aromatic rings. The Balaban J connectivity index is 2.03. The summed E-state index contributed by atoms with van der Waals surface area (Å²) >= 11 is 0. The van der Waals surface area contributed by atoms with E-state index in [1.54, 1.807) is 43.2 Å². The van der Waals surface area contributed by atoms with Crippen molar-refractivity contribution < 1.29 is 18.3 Å². The van der Waals surface area contributed by atoms with Crippen molar-refractivity contribution in [3.05, 3.63) is 53.9 Å². The molecule has 0 fully saturated rings. The zero-order valence-corrected chi connectivity index (χ0v) is 12.8. The molecule has 0 bridgehead atoms. The number of ether oxygens (including phenoxy) is 1. The fraction of sp³-hybridized carbons (Fsp3) is 0.250. The maximum absolute atomic E-state index is 12.3. The van der Waals surface area contributed by atoms with E-state index in [4.69, 9.17) is 0 Å². The van der Waals surface area contributed by atoms with Crippen LogP contribution in [0.2, 0.25) is 0 Å². The molecule has 0 spiro atoms. The van der Waals surface area contributed by atoms with Gasteiger partial charge in [-0.15, -0.1) is 0 Å². The van der Waals surface area contributed by atoms with Crippen molar-refractivity contribution in [2.45, 2.75) is 13.2 Å². The number of alkyl halides is 2. The first kappa shape index (κ1) is 16.7. The lowest BCUT2D eigenvalue weighted by Crippen LogP contribution is -2.23. The molecule has 0 aliphatic carbocycles. The lowest BCUT2D eigenvalue weighted by Gasteiger charge is -2.13. The molecule has 122 valence electrons. The number of halogens is 2. The third-order valence-electron chi connectivity index (χ3n) is 3.09. The Morgan fingerprint density at radius 1 is 1.43 bits per heavy atom. The molecule has 0 aliphatic rings. The molecule has 0 radical (unpaired) electrons. The number of hydrogen-bond acceptors (Lipinski definition) is 3. The summed E-state index contributed by atoms with van der Waals surface area (Å²) in [6.07, 6.45) is 6.28. The average molecular weight is 321 g/mol. The maximum atomic E-state index is 12.3. The summed E-state index contributed by atoms with van der Waals surface area (Å²) in [5, 5.41) is 4.03. The molecule has 0 saturated carbocycles. The topological polar surface area (TPSA) is 47.4 Å². The summed E-state index contributed by atoms with van der Waals surface area (Å²) in [7, 11) is 3.45. The van der Waals surface area contributed by atoms with Crippen LogP contribution in [0.1, 0.15) is 11.1 Å². The molecular formula is C16H17F2N3O2. The predicted octanol–water partition coefficient (Wildman–Crippen LogP) is 2.69. The predicted molar refractivity (Wildman–Crippen MR) is 81.8 cm³/mol. The molecule has 23 heavy (non-hydrogen) atoms. The van der Waals surface area contributed by atoms with Gasteiger partial charge in [-0.3, -0.25) is 9.48 Å². The number of rotatable bonds is 6. The number of nitrogens with zero attached hydrogens (tertiary/aromatic N) is 3. The Hall–Kier alpha value is -2.70. The van der Waals surface area contributed by atoms with Gasteiger partial charge < -0.3 is 9.64 Å². The van der Waals surface area contributed by atoms with Gasteiger partial charge >= 0.3 is 6.61 Å². The SMILES string of the molecule is CN(Cc1cnn(C)c1)C(=O)/C=C/c1ccccc1OC(F)F. The van der Waals surface area contributed by atoms with Gasteiger partial charge in [0.25, 0.3) is 0 Å². The zero-order chi connectivity index (χ0) is 16.8. The van der Waals surface area contributed by atoms with Gasteiger partial charge in [0.2, 0.25) is 5.91 Å². The number of benzene rings is 1. The molecule has 5 nitrogen and oxygen atoms in total. The number of hydrogen-bond donors (Lipinski definition) is 0. The zero-order valence-electron chi connectivity index (χ0n) is 12.8. The minimum atomic E-state index is -2.91. The van der Waals surface area contributed by atoms with E-state index in [0.29, 0.717) is 12.1 Å². The molecule has 1 amide bonds. The van der Waals surface area contributed by atoms with Crippen LogP contribution in [0.15, 0.2) is 42.7 Å². The van der Waals surface area contributed by atoms with E-state index in [1.807, 2.05) is 6.20 Å². The average Bonchev–Trinajstić information content (AvgIpc) is 2.90. The van der Waals surface area contributed by atoms with E-state index in [9.17, 15) is 13.6 Å². The monoisotopic (exact) mass is 321 g/mol. The Morgan fingerprint density at radius 3 is 2.83 bits per heavy atom. The van der Waals surface area contributed by atoms with Crippen LogP contribution in [-0.2, 0) is 18.4 Å². The van der Waals surface area contributed by atoms with E-state index in [1.165, 1.54) is 23.1 Å². The van der Waals surface area contributed by atoms with Crippen molar-refractivity contribution in [1.82, 2.24) is 14.7 Å². The maximum Gasteiger partial charge on any atom is 0.387 e. The van der Waals surface area contributed by atoms with Crippen LogP contribution >= 0.6 is 0 Å². The summed E-state index contributed by atoms with van der Waals surface area (Å²) in [6, 6.07) is 6.30. The Labute approximate surface area is 132 Å². The van der Waals surface area contributed by atoms with Gasteiger partial charge in [0.05, 0.1) is 6.20 Å². The van der Waals surface area contributed by atoms with Crippen LogP contribution in [0, 0.1) is 0 Å². The molecule has 0 saturated heterocycles. The van der Waals surface area contributed by atoms with E-state index in [-0.39, 0.29) is 11.7 Å².